The van der Waals surface area contributed by atoms with Crippen LogP contribution in [0.15, 0.2) is 68.3 Å². The first-order valence-electron chi connectivity index (χ1n) is 10.6. The van der Waals surface area contributed by atoms with Crippen LogP contribution in [0.4, 0.5) is 11.9 Å². The molecular weight excluding hydrogens is 472 g/mol. The lowest BCUT2D eigenvalue weighted by atomic mass is 10.0. The molecule has 14 heteroatoms. The SMILES string of the molecule is O=c1[nH]c(N/N=C\C(=N/Nc2nc3ccccc3c(=O)[nH]2)[C@H](O)[C@H](O)[C@H](O)CO)nc2ccccc12. The van der Waals surface area contributed by atoms with E-state index in [1.165, 1.54) is 0 Å². The zero-order chi connectivity index (χ0) is 25.7. The van der Waals surface area contributed by atoms with Crippen molar-refractivity contribution in [2.24, 2.45) is 10.2 Å². The van der Waals surface area contributed by atoms with Crippen LogP contribution in [-0.4, -0.2) is 77.2 Å². The molecule has 0 saturated carbocycles. The average Bonchev–Trinajstić information content (AvgIpc) is 2.89. The molecule has 0 aliphatic heterocycles. The third-order valence-corrected chi connectivity index (χ3v) is 5.09. The second-order valence-electron chi connectivity index (χ2n) is 7.57. The number of rotatable bonds is 9. The van der Waals surface area contributed by atoms with Crippen LogP contribution in [0.25, 0.3) is 21.8 Å². The van der Waals surface area contributed by atoms with Crippen molar-refractivity contribution in [3.8, 4) is 0 Å². The van der Waals surface area contributed by atoms with E-state index >= 15 is 0 Å². The van der Waals surface area contributed by atoms with Crippen molar-refractivity contribution in [1.82, 2.24) is 19.9 Å². The Bertz CT molecular complexity index is 1550. The average molecular weight is 494 g/mol. The van der Waals surface area contributed by atoms with Gasteiger partial charge in [-0.15, -0.1) is 0 Å². The molecule has 36 heavy (non-hydrogen) atoms. The number of fused-ring (bicyclic) bond motifs is 2. The molecule has 0 aliphatic carbocycles. The van der Waals surface area contributed by atoms with Crippen molar-refractivity contribution in [3.63, 3.8) is 0 Å². The Morgan fingerprint density at radius 1 is 0.889 bits per heavy atom. The predicted molar refractivity (Wildman–Crippen MR) is 133 cm³/mol. The Hall–Kier alpha value is -4.50. The van der Waals surface area contributed by atoms with Crippen LogP contribution in [0, 0.1) is 0 Å². The second-order valence-corrected chi connectivity index (χ2v) is 7.57. The molecule has 0 saturated heterocycles. The Morgan fingerprint density at radius 2 is 1.42 bits per heavy atom. The third kappa shape index (κ3) is 5.42. The number of aromatic nitrogens is 4. The van der Waals surface area contributed by atoms with Gasteiger partial charge in [-0.2, -0.15) is 10.2 Å². The number of para-hydroxylation sites is 2. The van der Waals surface area contributed by atoms with E-state index < -0.39 is 36.0 Å². The van der Waals surface area contributed by atoms with Crippen molar-refractivity contribution < 1.29 is 20.4 Å². The molecule has 0 spiro atoms. The van der Waals surface area contributed by atoms with Crippen LogP contribution >= 0.6 is 0 Å². The fourth-order valence-corrected chi connectivity index (χ4v) is 3.22. The molecule has 2 aromatic heterocycles. The minimum atomic E-state index is -1.83. The third-order valence-electron chi connectivity index (χ3n) is 5.09. The highest BCUT2D eigenvalue weighted by atomic mass is 16.4. The lowest BCUT2D eigenvalue weighted by molar-refractivity contribution is -0.0548. The van der Waals surface area contributed by atoms with Crippen molar-refractivity contribution in [2.75, 3.05) is 17.5 Å². The minimum Gasteiger partial charge on any atom is -0.394 e. The summed E-state index contributed by atoms with van der Waals surface area (Å²) >= 11 is 0. The van der Waals surface area contributed by atoms with Gasteiger partial charge in [-0.1, -0.05) is 24.3 Å². The maximum atomic E-state index is 12.3. The lowest BCUT2D eigenvalue weighted by Crippen LogP contribution is -2.44. The number of aliphatic hydroxyl groups is 4. The van der Waals surface area contributed by atoms with E-state index in [0.29, 0.717) is 21.8 Å². The summed E-state index contributed by atoms with van der Waals surface area (Å²) in [6.45, 7) is -0.823. The summed E-state index contributed by atoms with van der Waals surface area (Å²) in [5.74, 6) is -0.0734. The second kappa shape index (κ2) is 10.8. The fraction of sp³-hybridized carbons (Fsp3) is 0.182. The Morgan fingerprint density at radius 3 is 1.97 bits per heavy atom. The molecular formula is C22H22N8O6. The molecule has 0 radical (unpaired) electrons. The summed E-state index contributed by atoms with van der Waals surface area (Å²) in [7, 11) is 0. The Balaban J connectivity index is 1.61. The number of benzene rings is 2. The minimum absolute atomic E-state index is 0.00628. The maximum Gasteiger partial charge on any atom is 0.260 e. The summed E-state index contributed by atoms with van der Waals surface area (Å²) in [6, 6.07) is 13.3. The van der Waals surface area contributed by atoms with Crippen LogP contribution in [-0.2, 0) is 0 Å². The monoisotopic (exact) mass is 494 g/mol. The topological polar surface area (TPSA) is 221 Å². The number of hydrazone groups is 2. The normalized spacial score (nSPS) is 14.7. The predicted octanol–water partition coefficient (Wildman–Crippen LogP) is -0.900. The van der Waals surface area contributed by atoms with Gasteiger partial charge in [0.05, 0.1) is 34.6 Å². The molecule has 3 atom stereocenters. The maximum absolute atomic E-state index is 12.3. The standard InChI is InChI=1S/C22H22N8O6/c31-10-16(32)18(34)17(33)15(28-30-22-25-14-8-4-2-6-12(14)20(36)27-22)9-23-29-21-24-13-7-3-1-5-11(13)19(35)26-21/h1-9,16-18,31-34H,10H2,(H2,24,26,29,35)(H2,25,27,30,36)/b23-9-,28-15+/t16-,17+,18-/m1/s1. The molecule has 2 aromatic carbocycles. The van der Waals surface area contributed by atoms with Crippen LogP contribution < -0.4 is 22.0 Å². The van der Waals surface area contributed by atoms with Crippen molar-refractivity contribution in [2.45, 2.75) is 18.3 Å². The molecule has 4 aromatic rings. The molecule has 0 amide bonds. The van der Waals surface area contributed by atoms with E-state index in [0.717, 1.165) is 6.21 Å². The van der Waals surface area contributed by atoms with Crippen LogP contribution in [0.1, 0.15) is 0 Å². The molecule has 2 heterocycles. The molecule has 0 unspecified atom stereocenters. The van der Waals surface area contributed by atoms with E-state index in [2.05, 4.69) is 41.0 Å². The molecule has 186 valence electrons. The molecule has 8 N–H and O–H groups in total. The highest BCUT2D eigenvalue weighted by Crippen LogP contribution is 2.10. The van der Waals surface area contributed by atoms with Gasteiger partial charge in [0.15, 0.2) is 0 Å². The van der Waals surface area contributed by atoms with Crippen molar-refractivity contribution in [3.05, 3.63) is 69.2 Å². The molecule has 0 bridgehead atoms. The van der Waals surface area contributed by atoms with Gasteiger partial charge in [0, 0.05) is 0 Å². The van der Waals surface area contributed by atoms with Crippen LogP contribution in [0.2, 0.25) is 0 Å². The van der Waals surface area contributed by atoms with Gasteiger partial charge in [0.2, 0.25) is 11.9 Å². The zero-order valence-electron chi connectivity index (χ0n) is 18.5. The van der Waals surface area contributed by atoms with Crippen LogP contribution in [0.5, 0.6) is 0 Å². The highest BCUT2D eigenvalue weighted by molar-refractivity contribution is 6.33. The first-order valence-corrected chi connectivity index (χ1v) is 10.6. The van der Waals surface area contributed by atoms with Gasteiger partial charge in [-0.3, -0.25) is 19.6 Å². The largest absolute Gasteiger partial charge is 0.394 e. The summed E-state index contributed by atoms with van der Waals surface area (Å²) in [6.07, 6.45) is -4.34. The Kier molecular flexibility index (Phi) is 7.41. The van der Waals surface area contributed by atoms with Gasteiger partial charge in [0.25, 0.3) is 11.1 Å². The highest BCUT2D eigenvalue weighted by Gasteiger charge is 2.28. The number of anilines is 2. The van der Waals surface area contributed by atoms with E-state index in [1.54, 1.807) is 48.5 Å². The smallest absolute Gasteiger partial charge is 0.260 e. The van der Waals surface area contributed by atoms with Crippen molar-refractivity contribution in [1.29, 1.82) is 0 Å². The van der Waals surface area contributed by atoms with Crippen molar-refractivity contribution >= 4 is 45.6 Å². The quantitative estimate of drug-likeness (QED) is 0.106. The lowest BCUT2D eigenvalue weighted by Gasteiger charge is -2.21. The van der Waals surface area contributed by atoms with Gasteiger partial charge < -0.3 is 20.4 Å². The van der Waals surface area contributed by atoms with E-state index in [1.807, 2.05) is 0 Å². The summed E-state index contributed by atoms with van der Waals surface area (Å²) in [5.41, 5.74) is 4.61. The number of nitrogens with one attached hydrogen (secondary N) is 4. The molecule has 14 nitrogen and oxygen atoms in total. The van der Waals surface area contributed by atoms with Gasteiger partial charge >= 0.3 is 0 Å². The number of aromatic amines is 2. The molecule has 4 rings (SSSR count). The zero-order valence-corrected chi connectivity index (χ0v) is 18.5. The fourth-order valence-electron chi connectivity index (χ4n) is 3.22. The summed E-state index contributed by atoms with van der Waals surface area (Å²) in [4.78, 5) is 37.9. The van der Waals surface area contributed by atoms with Gasteiger partial charge in [-0.25, -0.2) is 20.8 Å². The number of aliphatic hydroxyl groups excluding tert-OH is 4. The van der Waals surface area contributed by atoms with Gasteiger partial charge in [-0.05, 0) is 24.3 Å². The van der Waals surface area contributed by atoms with E-state index in [-0.39, 0.29) is 17.6 Å². The number of nitrogens with zero attached hydrogens (tertiary/aromatic N) is 4. The number of hydrogen-bond acceptors (Lipinski definition) is 12. The summed E-state index contributed by atoms with van der Waals surface area (Å²) < 4.78 is 0. The van der Waals surface area contributed by atoms with E-state index in [9.17, 15) is 24.9 Å². The Labute approximate surface area is 201 Å². The van der Waals surface area contributed by atoms with Crippen LogP contribution in [0.3, 0.4) is 0 Å². The van der Waals surface area contributed by atoms with E-state index in [4.69, 9.17) is 5.11 Å². The summed E-state index contributed by atoms with van der Waals surface area (Å²) in [5, 5.41) is 48.0. The first-order chi connectivity index (χ1) is 17.4. The molecule has 0 aliphatic rings. The van der Waals surface area contributed by atoms with Gasteiger partial charge in [0.1, 0.15) is 24.0 Å². The number of H-pyrrole nitrogens is 2. The number of hydrogen-bond donors (Lipinski definition) is 8. The first kappa shape index (κ1) is 24.6. The molecule has 0 fully saturated rings.